The van der Waals surface area contributed by atoms with Crippen molar-refractivity contribution in [2.75, 3.05) is 13.6 Å². The Morgan fingerprint density at radius 2 is 2.33 bits per heavy atom. The normalized spacial score (nSPS) is 21.6. The zero-order chi connectivity index (χ0) is 15.4. The van der Waals surface area contributed by atoms with E-state index in [1.165, 1.54) is 23.1 Å². The largest absolute Gasteiger partial charge is 0.340 e. The summed E-state index contributed by atoms with van der Waals surface area (Å²) >= 11 is 0. The van der Waals surface area contributed by atoms with E-state index in [1.54, 1.807) is 7.05 Å². The van der Waals surface area contributed by atoms with Crippen molar-refractivity contribution in [1.29, 1.82) is 5.26 Å². The number of nitrogens with one attached hydrogen (secondary N) is 1. The molecule has 1 heterocycles. The number of amides is 1. The highest BCUT2D eigenvalue weighted by molar-refractivity contribution is 5.81. The number of rotatable bonds is 3. The van der Waals surface area contributed by atoms with Crippen LogP contribution in [-0.2, 0) is 11.3 Å². The molecule has 1 amide bonds. The summed E-state index contributed by atoms with van der Waals surface area (Å²) in [6.07, 6.45) is 1.89. The minimum Gasteiger partial charge on any atom is -0.340 e. The molecule has 1 aliphatic heterocycles. The summed E-state index contributed by atoms with van der Waals surface area (Å²) in [6, 6.07) is 5.99. The van der Waals surface area contributed by atoms with E-state index >= 15 is 0 Å². The second kappa shape index (κ2) is 6.68. The molecule has 21 heavy (non-hydrogen) atoms. The number of carbonyl (C=O) groups is 1. The highest BCUT2D eigenvalue weighted by Crippen LogP contribution is 2.18. The fourth-order valence-electron chi connectivity index (χ4n) is 2.66. The second-order valence-corrected chi connectivity index (χ2v) is 5.75. The van der Waals surface area contributed by atoms with Crippen LogP contribution in [0, 0.1) is 23.1 Å². The van der Waals surface area contributed by atoms with Gasteiger partial charge in [0.05, 0.1) is 17.7 Å². The number of likely N-dealkylation sites (N-methyl/N-ethyl adjacent to an activating group) is 1. The summed E-state index contributed by atoms with van der Waals surface area (Å²) in [4.78, 5) is 13.9. The molecule has 2 unspecified atom stereocenters. The number of nitrogens with zero attached hydrogens (tertiary/aromatic N) is 2. The molecule has 112 valence electrons. The van der Waals surface area contributed by atoms with Gasteiger partial charge < -0.3 is 10.2 Å². The van der Waals surface area contributed by atoms with Gasteiger partial charge in [-0.05, 0) is 43.5 Å². The molecule has 1 aromatic rings. The lowest BCUT2D eigenvalue weighted by Crippen LogP contribution is -2.48. The molecule has 1 N–H and O–H groups in total. The third-order valence-electron chi connectivity index (χ3n) is 3.92. The minimum atomic E-state index is -0.390. The number of piperidine rings is 1. The first-order chi connectivity index (χ1) is 10.0. The Morgan fingerprint density at radius 1 is 1.57 bits per heavy atom. The summed E-state index contributed by atoms with van der Waals surface area (Å²) < 4.78 is 13.8. The highest BCUT2D eigenvalue weighted by atomic mass is 19.1. The number of hydrogen-bond donors (Lipinski definition) is 1. The molecule has 1 saturated heterocycles. The van der Waals surface area contributed by atoms with Gasteiger partial charge in [0.15, 0.2) is 0 Å². The molecular weight excluding hydrogens is 269 g/mol. The van der Waals surface area contributed by atoms with Gasteiger partial charge in [-0.2, -0.15) is 5.26 Å². The van der Waals surface area contributed by atoms with Crippen molar-refractivity contribution in [3.05, 3.63) is 35.1 Å². The zero-order valence-electron chi connectivity index (χ0n) is 12.4. The number of halogens is 1. The summed E-state index contributed by atoms with van der Waals surface area (Å²) in [5, 5.41) is 12.1. The average Bonchev–Trinajstić information content (AvgIpc) is 2.48. The fourth-order valence-corrected chi connectivity index (χ4v) is 2.66. The molecule has 2 atom stereocenters. The van der Waals surface area contributed by atoms with E-state index in [9.17, 15) is 9.18 Å². The van der Waals surface area contributed by atoms with Gasteiger partial charge in [0, 0.05) is 19.2 Å². The monoisotopic (exact) mass is 289 g/mol. The van der Waals surface area contributed by atoms with Crippen LogP contribution in [0.15, 0.2) is 18.2 Å². The molecule has 4 nitrogen and oxygen atoms in total. The number of benzene rings is 1. The maximum absolute atomic E-state index is 13.8. The third-order valence-corrected chi connectivity index (χ3v) is 3.92. The van der Waals surface area contributed by atoms with Gasteiger partial charge in [0.2, 0.25) is 5.91 Å². The van der Waals surface area contributed by atoms with Crippen LogP contribution >= 0.6 is 0 Å². The predicted octanol–water partition coefficient (Wildman–Crippen LogP) is 2.04. The average molecular weight is 289 g/mol. The zero-order valence-corrected chi connectivity index (χ0v) is 12.4. The van der Waals surface area contributed by atoms with Crippen LogP contribution < -0.4 is 5.32 Å². The van der Waals surface area contributed by atoms with Gasteiger partial charge in [0.1, 0.15) is 5.82 Å². The minimum absolute atomic E-state index is 0.0247. The van der Waals surface area contributed by atoms with Crippen LogP contribution in [0.1, 0.15) is 30.9 Å². The van der Waals surface area contributed by atoms with Crippen LogP contribution in [0.5, 0.6) is 0 Å². The quantitative estimate of drug-likeness (QED) is 0.926. The van der Waals surface area contributed by atoms with E-state index in [2.05, 4.69) is 12.2 Å². The van der Waals surface area contributed by atoms with Crippen LogP contribution in [0.25, 0.3) is 0 Å². The highest BCUT2D eigenvalue weighted by Gasteiger charge is 2.27. The molecule has 5 heteroatoms. The SMILES string of the molecule is CC1CCNC(C(=O)N(C)Cc2cc(C#N)ccc2F)C1. The van der Waals surface area contributed by atoms with Crippen LogP contribution in [0.2, 0.25) is 0 Å². The van der Waals surface area contributed by atoms with Crippen LogP contribution in [0.3, 0.4) is 0 Å². The molecule has 2 rings (SSSR count). The second-order valence-electron chi connectivity index (χ2n) is 5.75. The molecule has 0 aromatic heterocycles. The van der Waals surface area contributed by atoms with E-state index in [4.69, 9.17) is 5.26 Å². The molecule has 0 bridgehead atoms. The Kier molecular flexibility index (Phi) is 4.92. The molecule has 0 spiro atoms. The molecular formula is C16H20FN3O. The van der Waals surface area contributed by atoms with Crippen molar-refractivity contribution in [1.82, 2.24) is 10.2 Å². The van der Waals surface area contributed by atoms with Crippen LogP contribution in [0.4, 0.5) is 4.39 Å². The van der Waals surface area contributed by atoms with Gasteiger partial charge in [-0.15, -0.1) is 0 Å². The van der Waals surface area contributed by atoms with E-state index in [1.807, 2.05) is 6.07 Å². The molecule has 1 aliphatic rings. The van der Waals surface area contributed by atoms with Crippen molar-refractivity contribution < 1.29 is 9.18 Å². The molecule has 0 aliphatic carbocycles. The fraction of sp³-hybridized carbons (Fsp3) is 0.500. The summed E-state index contributed by atoms with van der Waals surface area (Å²) in [5.74, 6) is 0.106. The number of nitriles is 1. The first-order valence-electron chi connectivity index (χ1n) is 7.18. The smallest absolute Gasteiger partial charge is 0.239 e. The predicted molar refractivity (Wildman–Crippen MR) is 77.8 cm³/mol. The summed E-state index contributed by atoms with van der Waals surface area (Å²) in [7, 11) is 1.67. The van der Waals surface area contributed by atoms with Crippen molar-refractivity contribution in [3.8, 4) is 6.07 Å². The van der Waals surface area contributed by atoms with Crippen LogP contribution in [-0.4, -0.2) is 30.4 Å². The lowest BCUT2D eigenvalue weighted by atomic mass is 9.93. The Hall–Kier alpha value is -1.93. The number of carbonyl (C=O) groups excluding carboxylic acids is 1. The lowest BCUT2D eigenvalue weighted by Gasteiger charge is -2.30. The van der Waals surface area contributed by atoms with Gasteiger partial charge in [-0.3, -0.25) is 4.79 Å². The Bertz CT molecular complexity index is 567. The maximum atomic E-state index is 13.8. The first-order valence-corrected chi connectivity index (χ1v) is 7.18. The van der Waals surface area contributed by atoms with E-state index < -0.39 is 5.82 Å². The molecule has 0 radical (unpaired) electrons. The summed E-state index contributed by atoms with van der Waals surface area (Å²) in [6.45, 7) is 3.15. The van der Waals surface area contributed by atoms with Gasteiger partial charge in [0.25, 0.3) is 0 Å². The van der Waals surface area contributed by atoms with Crippen molar-refractivity contribution >= 4 is 5.91 Å². The van der Waals surface area contributed by atoms with Gasteiger partial charge >= 0.3 is 0 Å². The van der Waals surface area contributed by atoms with Crippen molar-refractivity contribution in [2.24, 2.45) is 5.92 Å². The Balaban J connectivity index is 2.05. The topological polar surface area (TPSA) is 56.1 Å². The standard InChI is InChI=1S/C16H20FN3O/c1-11-5-6-19-15(7-11)16(21)20(2)10-13-8-12(9-18)3-4-14(13)17/h3-4,8,11,15,19H,5-7,10H2,1-2H3. The molecule has 1 fully saturated rings. The summed E-state index contributed by atoms with van der Waals surface area (Å²) in [5.41, 5.74) is 0.769. The van der Waals surface area contributed by atoms with Gasteiger partial charge in [-0.1, -0.05) is 6.92 Å². The van der Waals surface area contributed by atoms with E-state index in [0.717, 1.165) is 19.4 Å². The van der Waals surface area contributed by atoms with E-state index in [0.29, 0.717) is 17.0 Å². The molecule has 1 aromatic carbocycles. The first kappa shape index (κ1) is 15.5. The third kappa shape index (κ3) is 3.79. The van der Waals surface area contributed by atoms with E-state index in [-0.39, 0.29) is 18.5 Å². The van der Waals surface area contributed by atoms with Crippen molar-refractivity contribution in [2.45, 2.75) is 32.4 Å². The number of hydrogen-bond acceptors (Lipinski definition) is 3. The maximum Gasteiger partial charge on any atom is 0.239 e. The Morgan fingerprint density at radius 3 is 3.00 bits per heavy atom. The van der Waals surface area contributed by atoms with Crippen molar-refractivity contribution in [3.63, 3.8) is 0 Å². The Labute approximate surface area is 124 Å². The van der Waals surface area contributed by atoms with Gasteiger partial charge in [-0.25, -0.2) is 4.39 Å². The molecule has 0 saturated carbocycles. The lowest BCUT2D eigenvalue weighted by molar-refractivity contribution is -0.133.